The van der Waals surface area contributed by atoms with E-state index in [1.165, 1.54) is 6.92 Å². The van der Waals surface area contributed by atoms with Gasteiger partial charge in [-0.3, -0.25) is 4.79 Å². The first-order chi connectivity index (χ1) is 15.2. The fourth-order valence-corrected chi connectivity index (χ4v) is 3.03. The Hall–Kier alpha value is -4.01. The molecule has 0 atom stereocenters. The highest BCUT2D eigenvalue weighted by Gasteiger charge is 2.10. The number of para-hydroxylation sites is 1. The number of pyridine rings is 1. The van der Waals surface area contributed by atoms with Crippen molar-refractivity contribution < 1.29 is 19.0 Å². The zero-order valence-corrected chi connectivity index (χ0v) is 16.9. The van der Waals surface area contributed by atoms with E-state index in [0.29, 0.717) is 41.8 Å². The van der Waals surface area contributed by atoms with Gasteiger partial charge >= 0.3 is 5.97 Å². The van der Waals surface area contributed by atoms with Crippen molar-refractivity contribution in [2.75, 3.05) is 6.61 Å². The van der Waals surface area contributed by atoms with Gasteiger partial charge in [-0.25, -0.2) is 4.98 Å². The van der Waals surface area contributed by atoms with Crippen LogP contribution >= 0.6 is 0 Å². The molecule has 2 heterocycles. The Labute approximate surface area is 178 Å². The number of H-pyrrole nitrogens is 1. The van der Waals surface area contributed by atoms with Crippen LogP contribution < -0.4 is 14.2 Å². The van der Waals surface area contributed by atoms with Crippen LogP contribution in [0.4, 0.5) is 0 Å². The fourth-order valence-electron chi connectivity index (χ4n) is 3.03. The van der Waals surface area contributed by atoms with Crippen molar-refractivity contribution in [3.05, 3.63) is 66.1 Å². The van der Waals surface area contributed by atoms with E-state index in [9.17, 15) is 4.79 Å². The third kappa shape index (κ3) is 5.53. The fraction of sp³-hybridized carbons (Fsp3) is 0.227. The van der Waals surface area contributed by atoms with Crippen LogP contribution in [0.2, 0.25) is 0 Å². The number of hydrogen-bond acceptors (Lipinski definition) is 8. The molecule has 31 heavy (non-hydrogen) atoms. The van der Waals surface area contributed by atoms with E-state index >= 15 is 0 Å². The topological polar surface area (TPSA) is 112 Å². The van der Waals surface area contributed by atoms with Crippen molar-refractivity contribution in [2.45, 2.75) is 26.4 Å². The number of carbonyl (C=O) groups is 1. The van der Waals surface area contributed by atoms with Crippen LogP contribution in [0.5, 0.6) is 17.2 Å². The van der Waals surface area contributed by atoms with Gasteiger partial charge in [-0.15, -0.1) is 10.2 Å². The molecule has 0 spiro atoms. The highest BCUT2D eigenvalue weighted by Crippen LogP contribution is 2.27. The minimum atomic E-state index is -0.382. The molecule has 0 fully saturated rings. The average molecular weight is 419 g/mol. The summed E-state index contributed by atoms with van der Waals surface area (Å²) in [5.41, 5.74) is 1.39. The Balaban J connectivity index is 1.38. The van der Waals surface area contributed by atoms with Gasteiger partial charge in [-0.05, 0) is 30.7 Å². The van der Waals surface area contributed by atoms with Gasteiger partial charge in [-0.1, -0.05) is 23.4 Å². The number of aromatic amines is 1. The third-order valence-corrected chi connectivity index (χ3v) is 4.38. The first-order valence-corrected chi connectivity index (χ1v) is 9.82. The zero-order valence-electron chi connectivity index (χ0n) is 16.9. The minimum Gasteiger partial charge on any atom is -0.493 e. The van der Waals surface area contributed by atoms with Crippen molar-refractivity contribution in [3.8, 4) is 17.2 Å². The predicted octanol–water partition coefficient (Wildman–Crippen LogP) is 3.26. The summed E-state index contributed by atoms with van der Waals surface area (Å²) >= 11 is 0. The summed E-state index contributed by atoms with van der Waals surface area (Å²) in [4.78, 5) is 16.1. The second kappa shape index (κ2) is 9.66. The number of nitrogens with zero attached hydrogens (tertiary/aromatic N) is 4. The first kappa shape index (κ1) is 20.3. The maximum atomic E-state index is 11.5. The van der Waals surface area contributed by atoms with Crippen LogP contribution in [0, 0.1) is 0 Å². The molecule has 0 radical (unpaired) electrons. The highest BCUT2D eigenvalue weighted by molar-refractivity contribution is 5.87. The van der Waals surface area contributed by atoms with Crippen molar-refractivity contribution in [2.24, 2.45) is 0 Å². The number of nitrogens with one attached hydrogen (secondary N) is 1. The summed E-state index contributed by atoms with van der Waals surface area (Å²) < 4.78 is 17.0. The molecule has 9 nitrogen and oxygen atoms in total. The maximum absolute atomic E-state index is 11.5. The van der Waals surface area contributed by atoms with Crippen molar-refractivity contribution >= 4 is 16.9 Å². The Morgan fingerprint density at radius 2 is 1.87 bits per heavy atom. The lowest BCUT2D eigenvalue weighted by atomic mass is 10.2. The van der Waals surface area contributed by atoms with E-state index in [4.69, 9.17) is 14.2 Å². The molecular formula is C22H21N5O4. The number of aromatic nitrogens is 5. The number of benzene rings is 2. The smallest absolute Gasteiger partial charge is 0.308 e. The van der Waals surface area contributed by atoms with E-state index in [2.05, 4.69) is 25.6 Å². The molecule has 158 valence electrons. The molecule has 4 aromatic rings. The van der Waals surface area contributed by atoms with E-state index in [1.807, 2.05) is 48.5 Å². The number of tetrazole rings is 1. The zero-order chi connectivity index (χ0) is 21.5. The Bertz CT molecular complexity index is 1160. The average Bonchev–Trinajstić information content (AvgIpc) is 3.29. The molecule has 4 rings (SSSR count). The molecular weight excluding hydrogens is 398 g/mol. The summed E-state index contributed by atoms with van der Waals surface area (Å²) in [6.45, 7) is 2.12. The number of rotatable bonds is 9. The van der Waals surface area contributed by atoms with Gasteiger partial charge in [0.25, 0.3) is 0 Å². The lowest BCUT2D eigenvalue weighted by Gasteiger charge is -2.11. The Morgan fingerprint density at radius 1 is 1.03 bits per heavy atom. The van der Waals surface area contributed by atoms with Gasteiger partial charge in [0.15, 0.2) is 5.82 Å². The van der Waals surface area contributed by atoms with E-state index in [-0.39, 0.29) is 12.6 Å². The molecule has 9 heteroatoms. The summed E-state index contributed by atoms with van der Waals surface area (Å²) in [7, 11) is 0. The van der Waals surface area contributed by atoms with Crippen molar-refractivity contribution in [1.29, 1.82) is 0 Å². The Kier molecular flexibility index (Phi) is 6.32. The molecule has 2 aromatic carbocycles. The molecule has 0 bridgehead atoms. The second-order valence-corrected chi connectivity index (χ2v) is 6.77. The molecule has 0 aliphatic carbocycles. The molecule has 2 aromatic heterocycles. The monoisotopic (exact) mass is 419 g/mol. The Morgan fingerprint density at radius 3 is 2.68 bits per heavy atom. The maximum Gasteiger partial charge on any atom is 0.308 e. The van der Waals surface area contributed by atoms with Crippen LogP contribution in [-0.2, 0) is 17.8 Å². The number of hydrogen-bond donors (Lipinski definition) is 1. The number of ether oxygens (including phenoxy) is 3. The summed E-state index contributed by atoms with van der Waals surface area (Å²) in [5.74, 6) is 2.11. The highest BCUT2D eigenvalue weighted by atomic mass is 16.5. The first-order valence-electron chi connectivity index (χ1n) is 9.82. The van der Waals surface area contributed by atoms with E-state index in [0.717, 1.165) is 17.3 Å². The summed E-state index contributed by atoms with van der Waals surface area (Å²) in [5, 5.41) is 14.6. The van der Waals surface area contributed by atoms with Crippen LogP contribution in [0.3, 0.4) is 0 Å². The van der Waals surface area contributed by atoms with Crippen LogP contribution in [0.1, 0.15) is 24.9 Å². The van der Waals surface area contributed by atoms with Crippen molar-refractivity contribution in [3.63, 3.8) is 0 Å². The minimum absolute atomic E-state index is 0.223. The molecule has 0 aliphatic heterocycles. The summed E-state index contributed by atoms with van der Waals surface area (Å²) in [6, 6.07) is 16.6. The standard InChI is InChI=1S/C22H21N5O4/c1-15(28)31-21-12-16(23-20-9-3-2-8-19(20)21)14-30-18-7-4-6-17(13-18)29-11-5-10-22-24-26-27-25-22/h2-4,6-9,12-13H,5,10-11,14H2,1H3,(H,24,25,26,27). The number of aryl methyl sites for hydroxylation is 1. The second-order valence-electron chi connectivity index (χ2n) is 6.77. The SMILES string of the molecule is CC(=O)Oc1cc(COc2cccc(OCCCc3nn[nH]n3)c2)nc2ccccc12. The molecule has 0 amide bonds. The van der Waals surface area contributed by atoms with Crippen molar-refractivity contribution in [1.82, 2.24) is 25.6 Å². The van der Waals surface area contributed by atoms with Crippen LogP contribution in [0.25, 0.3) is 10.9 Å². The number of fused-ring (bicyclic) bond motifs is 1. The summed E-state index contributed by atoms with van der Waals surface area (Å²) in [6.07, 6.45) is 1.45. The molecule has 0 unspecified atom stereocenters. The lowest BCUT2D eigenvalue weighted by molar-refractivity contribution is -0.131. The van der Waals surface area contributed by atoms with Gasteiger partial charge in [0, 0.05) is 30.9 Å². The molecule has 1 N–H and O–H groups in total. The van der Waals surface area contributed by atoms with Crippen LogP contribution in [0.15, 0.2) is 54.6 Å². The normalized spacial score (nSPS) is 10.7. The van der Waals surface area contributed by atoms with Gasteiger partial charge < -0.3 is 14.2 Å². The third-order valence-electron chi connectivity index (χ3n) is 4.38. The lowest BCUT2D eigenvalue weighted by Crippen LogP contribution is -2.05. The quantitative estimate of drug-likeness (QED) is 0.325. The number of esters is 1. The number of carbonyl (C=O) groups excluding carboxylic acids is 1. The van der Waals surface area contributed by atoms with Gasteiger partial charge in [-0.2, -0.15) is 5.21 Å². The van der Waals surface area contributed by atoms with E-state index in [1.54, 1.807) is 6.07 Å². The van der Waals surface area contributed by atoms with Gasteiger partial charge in [0.1, 0.15) is 23.9 Å². The predicted molar refractivity (Wildman–Crippen MR) is 112 cm³/mol. The molecule has 0 saturated carbocycles. The molecule has 0 saturated heterocycles. The van der Waals surface area contributed by atoms with E-state index < -0.39 is 0 Å². The molecule has 0 aliphatic rings. The largest absolute Gasteiger partial charge is 0.493 e. The van der Waals surface area contributed by atoms with Gasteiger partial charge in [0.2, 0.25) is 0 Å². The van der Waals surface area contributed by atoms with Crippen LogP contribution in [-0.4, -0.2) is 38.2 Å². The van der Waals surface area contributed by atoms with Gasteiger partial charge in [0.05, 0.1) is 17.8 Å².